The smallest absolute Gasteiger partial charge is 0.224 e. The second kappa shape index (κ2) is 8.15. The molecular formula is C19H23ClN4. The number of halogens is 1. The van der Waals surface area contributed by atoms with E-state index in [1.54, 1.807) is 5.57 Å². The predicted molar refractivity (Wildman–Crippen MR) is 101 cm³/mol. The molecule has 0 saturated heterocycles. The zero-order chi connectivity index (χ0) is 16.8. The maximum atomic E-state index is 6.20. The molecule has 0 spiro atoms. The van der Waals surface area contributed by atoms with E-state index >= 15 is 0 Å². The summed E-state index contributed by atoms with van der Waals surface area (Å²) in [6.45, 7) is 2.83. The molecule has 1 aliphatic rings. The van der Waals surface area contributed by atoms with Gasteiger partial charge in [0.1, 0.15) is 5.82 Å². The molecule has 5 heteroatoms. The Morgan fingerprint density at radius 1 is 1.17 bits per heavy atom. The summed E-state index contributed by atoms with van der Waals surface area (Å²) in [5.74, 6) is 1.40. The molecule has 1 aromatic carbocycles. The Morgan fingerprint density at radius 3 is 2.83 bits per heavy atom. The van der Waals surface area contributed by atoms with Crippen molar-refractivity contribution in [3.8, 4) is 0 Å². The minimum atomic E-state index is 0.654. The zero-order valence-electron chi connectivity index (χ0n) is 14.0. The number of aryl methyl sites for hydroxylation is 1. The van der Waals surface area contributed by atoms with Gasteiger partial charge in [-0.05, 0) is 51.2 Å². The van der Waals surface area contributed by atoms with Crippen LogP contribution in [0.4, 0.5) is 17.5 Å². The molecular weight excluding hydrogens is 320 g/mol. The SMILES string of the molecule is Cc1cc(Nc2ccccc2Cl)nc(NCCC2=CCCCC2)n1. The number of aromatic nitrogens is 2. The van der Waals surface area contributed by atoms with Crippen molar-refractivity contribution in [1.29, 1.82) is 0 Å². The van der Waals surface area contributed by atoms with E-state index in [9.17, 15) is 0 Å². The predicted octanol–water partition coefficient (Wildman–Crippen LogP) is 5.48. The Bertz CT molecular complexity index is 727. The second-order valence-electron chi connectivity index (χ2n) is 6.11. The molecule has 1 aromatic heterocycles. The zero-order valence-corrected chi connectivity index (χ0v) is 14.7. The highest BCUT2D eigenvalue weighted by Gasteiger charge is 2.06. The summed E-state index contributed by atoms with van der Waals surface area (Å²) in [5, 5.41) is 7.27. The number of hydrogen-bond acceptors (Lipinski definition) is 4. The molecule has 0 fully saturated rings. The molecule has 0 atom stereocenters. The van der Waals surface area contributed by atoms with Crippen molar-refractivity contribution in [2.45, 2.75) is 39.0 Å². The molecule has 1 aliphatic carbocycles. The molecule has 0 aliphatic heterocycles. The number of hydrogen-bond donors (Lipinski definition) is 2. The summed E-state index contributed by atoms with van der Waals surface area (Å²) in [4.78, 5) is 9.01. The topological polar surface area (TPSA) is 49.8 Å². The first-order chi connectivity index (χ1) is 11.7. The number of nitrogens with zero attached hydrogens (tertiary/aromatic N) is 2. The van der Waals surface area contributed by atoms with Crippen molar-refractivity contribution >= 4 is 29.1 Å². The van der Waals surface area contributed by atoms with Crippen LogP contribution in [0.2, 0.25) is 5.02 Å². The van der Waals surface area contributed by atoms with Gasteiger partial charge in [-0.2, -0.15) is 4.98 Å². The largest absolute Gasteiger partial charge is 0.354 e. The average molecular weight is 343 g/mol. The normalized spacial score (nSPS) is 14.2. The van der Waals surface area contributed by atoms with Gasteiger partial charge in [0.25, 0.3) is 0 Å². The third kappa shape index (κ3) is 4.71. The summed E-state index contributed by atoms with van der Waals surface area (Å²) in [5.41, 5.74) is 3.31. The van der Waals surface area contributed by atoms with Gasteiger partial charge >= 0.3 is 0 Å². The van der Waals surface area contributed by atoms with Crippen LogP contribution in [0.3, 0.4) is 0 Å². The molecule has 1 heterocycles. The first-order valence-corrected chi connectivity index (χ1v) is 8.87. The van der Waals surface area contributed by atoms with Crippen LogP contribution in [-0.2, 0) is 0 Å². The molecule has 0 amide bonds. The molecule has 126 valence electrons. The fourth-order valence-corrected chi connectivity index (χ4v) is 3.06. The molecule has 2 N–H and O–H groups in total. The number of rotatable bonds is 6. The second-order valence-corrected chi connectivity index (χ2v) is 6.52. The van der Waals surface area contributed by atoms with Gasteiger partial charge in [-0.3, -0.25) is 0 Å². The van der Waals surface area contributed by atoms with Crippen LogP contribution < -0.4 is 10.6 Å². The lowest BCUT2D eigenvalue weighted by Gasteiger charge is -2.14. The van der Waals surface area contributed by atoms with Gasteiger partial charge in [0.2, 0.25) is 5.95 Å². The molecule has 4 nitrogen and oxygen atoms in total. The summed E-state index contributed by atoms with van der Waals surface area (Å²) in [7, 11) is 0. The summed E-state index contributed by atoms with van der Waals surface area (Å²) >= 11 is 6.20. The molecule has 0 unspecified atom stereocenters. The quantitative estimate of drug-likeness (QED) is 0.682. The maximum absolute atomic E-state index is 6.20. The number of benzene rings is 1. The van der Waals surface area contributed by atoms with Gasteiger partial charge in [-0.25, -0.2) is 4.98 Å². The van der Waals surface area contributed by atoms with Crippen LogP contribution in [0, 0.1) is 6.92 Å². The standard InChI is InChI=1S/C19H23ClN4/c1-14-13-18(23-17-10-6-5-9-16(17)20)24-19(22-14)21-12-11-15-7-3-2-4-8-15/h5-7,9-10,13H,2-4,8,11-12H2,1H3,(H2,21,22,23,24). The summed E-state index contributed by atoms with van der Waals surface area (Å²) < 4.78 is 0. The van der Waals surface area contributed by atoms with E-state index in [1.165, 1.54) is 25.7 Å². The van der Waals surface area contributed by atoms with Crippen LogP contribution in [-0.4, -0.2) is 16.5 Å². The van der Waals surface area contributed by atoms with E-state index in [0.29, 0.717) is 11.0 Å². The first-order valence-electron chi connectivity index (χ1n) is 8.50. The van der Waals surface area contributed by atoms with Gasteiger partial charge in [0.15, 0.2) is 0 Å². The third-order valence-corrected chi connectivity index (χ3v) is 4.43. The van der Waals surface area contributed by atoms with E-state index in [0.717, 1.165) is 30.2 Å². The highest BCUT2D eigenvalue weighted by atomic mass is 35.5. The van der Waals surface area contributed by atoms with Gasteiger partial charge < -0.3 is 10.6 Å². The van der Waals surface area contributed by atoms with E-state index in [-0.39, 0.29) is 0 Å². The minimum Gasteiger partial charge on any atom is -0.354 e. The van der Waals surface area contributed by atoms with Crippen molar-refractivity contribution in [2.24, 2.45) is 0 Å². The van der Waals surface area contributed by atoms with Gasteiger partial charge in [-0.1, -0.05) is 35.4 Å². The highest BCUT2D eigenvalue weighted by molar-refractivity contribution is 6.33. The van der Waals surface area contributed by atoms with Crippen LogP contribution in [0.25, 0.3) is 0 Å². The summed E-state index contributed by atoms with van der Waals surface area (Å²) in [6.07, 6.45) is 8.54. The molecule has 0 saturated carbocycles. The van der Waals surface area contributed by atoms with Crippen LogP contribution in [0.5, 0.6) is 0 Å². The third-order valence-electron chi connectivity index (χ3n) is 4.11. The molecule has 0 radical (unpaired) electrons. The average Bonchev–Trinajstić information content (AvgIpc) is 2.57. The van der Waals surface area contributed by atoms with Crippen molar-refractivity contribution < 1.29 is 0 Å². The highest BCUT2D eigenvalue weighted by Crippen LogP contribution is 2.25. The number of nitrogens with one attached hydrogen (secondary N) is 2. The minimum absolute atomic E-state index is 0.654. The van der Waals surface area contributed by atoms with E-state index in [2.05, 4.69) is 26.7 Å². The Hall–Kier alpha value is -2.07. The Balaban J connectivity index is 1.63. The van der Waals surface area contributed by atoms with Crippen LogP contribution >= 0.6 is 11.6 Å². The first kappa shape index (κ1) is 16.8. The van der Waals surface area contributed by atoms with Crippen molar-refractivity contribution in [3.05, 3.63) is 52.7 Å². The molecule has 3 rings (SSSR count). The van der Waals surface area contributed by atoms with Gasteiger partial charge in [0.05, 0.1) is 10.7 Å². The van der Waals surface area contributed by atoms with Crippen molar-refractivity contribution in [1.82, 2.24) is 9.97 Å². The monoisotopic (exact) mass is 342 g/mol. The van der Waals surface area contributed by atoms with Crippen LogP contribution in [0.1, 0.15) is 37.8 Å². The fourth-order valence-electron chi connectivity index (χ4n) is 2.88. The van der Waals surface area contributed by atoms with E-state index in [4.69, 9.17) is 11.6 Å². The van der Waals surface area contributed by atoms with E-state index < -0.39 is 0 Å². The van der Waals surface area contributed by atoms with Crippen LogP contribution in [0.15, 0.2) is 42.0 Å². The Labute approximate surface area is 148 Å². The van der Waals surface area contributed by atoms with E-state index in [1.807, 2.05) is 37.3 Å². The van der Waals surface area contributed by atoms with Gasteiger partial charge in [-0.15, -0.1) is 0 Å². The lowest BCUT2D eigenvalue weighted by molar-refractivity contribution is 0.679. The molecule has 0 bridgehead atoms. The Kier molecular flexibility index (Phi) is 5.70. The molecule has 24 heavy (non-hydrogen) atoms. The number of para-hydroxylation sites is 1. The maximum Gasteiger partial charge on any atom is 0.224 e. The molecule has 2 aromatic rings. The fraction of sp³-hybridized carbons (Fsp3) is 0.368. The number of allylic oxidation sites excluding steroid dienone is 1. The van der Waals surface area contributed by atoms with Crippen molar-refractivity contribution in [2.75, 3.05) is 17.2 Å². The van der Waals surface area contributed by atoms with Crippen molar-refractivity contribution in [3.63, 3.8) is 0 Å². The Morgan fingerprint density at radius 2 is 2.04 bits per heavy atom. The number of anilines is 3. The van der Waals surface area contributed by atoms with Gasteiger partial charge in [0, 0.05) is 18.3 Å². The lowest BCUT2D eigenvalue weighted by Crippen LogP contribution is -2.09. The lowest BCUT2D eigenvalue weighted by atomic mass is 9.97. The summed E-state index contributed by atoms with van der Waals surface area (Å²) in [6, 6.07) is 9.56.